The van der Waals surface area contributed by atoms with Gasteiger partial charge in [0.2, 0.25) is 0 Å². The van der Waals surface area contributed by atoms with Gasteiger partial charge in [-0.25, -0.2) is 4.39 Å². The lowest BCUT2D eigenvalue weighted by Gasteiger charge is -2.38. The Morgan fingerprint density at radius 1 is 1.50 bits per heavy atom. The van der Waals surface area contributed by atoms with E-state index >= 15 is 0 Å². The molecule has 0 bridgehead atoms. The first-order valence-corrected chi connectivity index (χ1v) is 6.56. The molecule has 0 aromatic heterocycles. The van der Waals surface area contributed by atoms with Crippen LogP contribution in [-0.2, 0) is 0 Å². The SMILES string of the molecule is CC(N)c1cccc(F)c1N1CCCCC1CO. The smallest absolute Gasteiger partial charge is 0.146 e. The highest BCUT2D eigenvalue weighted by Gasteiger charge is 2.26. The van der Waals surface area contributed by atoms with Crippen molar-refractivity contribution in [2.75, 3.05) is 18.1 Å². The first kappa shape index (κ1) is 13.3. The van der Waals surface area contributed by atoms with Gasteiger partial charge in [-0.1, -0.05) is 12.1 Å². The normalized spacial score (nSPS) is 22.0. The third-order valence-corrected chi connectivity index (χ3v) is 3.63. The van der Waals surface area contributed by atoms with Crippen molar-refractivity contribution in [1.82, 2.24) is 0 Å². The molecule has 2 unspecified atom stereocenters. The molecule has 0 saturated carbocycles. The molecule has 0 aliphatic carbocycles. The Morgan fingerprint density at radius 3 is 2.94 bits per heavy atom. The van der Waals surface area contributed by atoms with Crippen molar-refractivity contribution in [3.05, 3.63) is 29.6 Å². The molecule has 1 aromatic carbocycles. The molecule has 0 amide bonds. The van der Waals surface area contributed by atoms with Crippen LogP contribution in [0.5, 0.6) is 0 Å². The summed E-state index contributed by atoms with van der Waals surface area (Å²) < 4.78 is 14.1. The first-order chi connectivity index (χ1) is 8.65. The van der Waals surface area contributed by atoms with E-state index < -0.39 is 0 Å². The van der Waals surface area contributed by atoms with Gasteiger partial charge in [0.1, 0.15) is 5.82 Å². The molecule has 1 aliphatic rings. The van der Waals surface area contributed by atoms with Gasteiger partial charge in [-0.3, -0.25) is 0 Å². The highest BCUT2D eigenvalue weighted by molar-refractivity contribution is 5.57. The van der Waals surface area contributed by atoms with Crippen LogP contribution >= 0.6 is 0 Å². The Morgan fingerprint density at radius 2 is 2.28 bits per heavy atom. The lowest BCUT2D eigenvalue weighted by molar-refractivity contribution is 0.239. The highest BCUT2D eigenvalue weighted by atomic mass is 19.1. The molecule has 0 radical (unpaired) electrons. The van der Waals surface area contributed by atoms with E-state index in [0.29, 0.717) is 5.69 Å². The number of hydrogen-bond donors (Lipinski definition) is 2. The molecule has 1 heterocycles. The van der Waals surface area contributed by atoms with E-state index in [1.807, 2.05) is 17.9 Å². The lowest BCUT2D eigenvalue weighted by Crippen LogP contribution is -2.43. The Hall–Kier alpha value is -1.13. The molecule has 2 rings (SSSR count). The summed E-state index contributed by atoms with van der Waals surface area (Å²) in [5.41, 5.74) is 7.31. The topological polar surface area (TPSA) is 49.5 Å². The van der Waals surface area contributed by atoms with Gasteiger partial charge in [-0.2, -0.15) is 0 Å². The number of anilines is 1. The predicted molar refractivity (Wildman–Crippen MR) is 71.1 cm³/mol. The van der Waals surface area contributed by atoms with E-state index in [4.69, 9.17) is 5.73 Å². The second kappa shape index (κ2) is 5.67. The number of piperidine rings is 1. The summed E-state index contributed by atoms with van der Waals surface area (Å²) in [5.74, 6) is -0.245. The summed E-state index contributed by atoms with van der Waals surface area (Å²) in [4.78, 5) is 1.98. The molecule has 1 saturated heterocycles. The molecule has 2 atom stereocenters. The largest absolute Gasteiger partial charge is 0.394 e. The number of halogens is 1. The zero-order valence-corrected chi connectivity index (χ0v) is 10.8. The number of hydrogen-bond acceptors (Lipinski definition) is 3. The fraction of sp³-hybridized carbons (Fsp3) is 0.571. The lowest BCUT2D eigenvalue weighted by atomic mass is 9.98. The fourth-order valence-electron chi connectivity index (χ4n) is 2.69. The Labute approximate surface area is 107 Å². The number of nitrogens with zero attached hydrogens (tertiary/aromatic N) is 1. The maximum absolute atomic E-state index is 14.1. The van der Waals surface area contributed by atoms with Crippen molar-refractivity contribution in [1.29, 1.82) is 0 Å². The number of aliphatic hydroxyl groups excluding tert-OH is 1. The van der Waals surface area contributed by atoms with Crippen molar-refractivity contribution >= 4 is 5.69 Å². The van der Waals surface area contributed by atoms with E-state index in [1.165, 1.54) is 6.07 Å². The molecule has 18 heavy (non-hydrogen) atoms. The van der Waals surface area contributed by atoms with Crippen molar-refractivity contribution in [2.24, 2.45) is 5.73 Å². The van der Waals surface area contributed by atoms with E-state index in [-0.39, 0.29) is 24.5 Å². The number of para-hydroxylation sites is 1. The minimum atomic E-state index is -0.245. The highest BCUT2D eigenvalue weighted by Crippen LogP contribution is 2.32. The van der Waals surface area contributed by atoms with Crippen LogP contribution in [0.4, 0.5) is 10.1 Å². The standard InChI is InChI=1S/C14H21FN2O/c1-10(16)12-6-4-7-13(15)14(12)17-8-3-2-5-11(17)9-18/h4,6-7,10-11,18H,2-3,5,8-9,16H2,1H3. The molecule has 1 fully saturated rings. The van der Waals surface area contributed by atoms with E-state index in [2.05, 4.69) is 0 Å². The van der Waals surface area contributed by atoms with Crippen LogP contribution in [0, 0.1) is 5.82 Å². The average molecular weight is 252 g/mol. The third kappa shape index (κ3) is 2.49. The molecule has 0 spiro atoms. The molecule has 4 heteroatoms. The van der Waals surface area contributed by atoms with Crippen LogP contribution in [-0.4, -0.2) is 24.3 Å². The van der Waals surface area contributed by atoms with Gasteiger partial charge in [-0.05, 0) is 37.8 Å². The van der Waals surface area contributed by atoms with Gasteiger partial charge < -0.3 is 15.7 Å². The quantitative estimate of drug-likeness (QED) is 0.867. The predicted octanol–water partition coefficient (Wildman–Crippen LogP) is 2.20. The van der Waals surface area contributed by atoms with Gasteiger partial charge in [0.25, 0.3) is 0 Å². The average Bonchev–Trinajstić information content (AvgIpc) is 2.38. The van der Waals surface area contributed by atoms with Gasteiger partial charge in [0, 0.05) is 12.6 Å². The minimum absolute atomic E-state index is 0.00755. The first-order valence-electron chi connectivity index (χ1n) is 6.56. The summed E-state index contributed by atoms with van der Waals surface area (Å²) >= 11 is 0. The van der Waals surface area contributed by atoms with E-state index in [0.717, 1.165) is 31.4 Å². The second-order valence-electron chi connectivity index (χ2n) is 4.99. The summed E-state index contributed by atoms with van der Waals surface area (Å²) in [5, 5.41) is 9.45. The van der Waals surface area contributed by atoms with Crippen LogP contribution in [0.2, 0.25) is 0 Å². The van der Waals surface area contributed by atoms with E-state index in [9.17, 15) is 9.50 Å². The summed E-state index contributed by atoms with van der Waals surface area (Å²) in [6.45, 7) is 2.70. The van der Waals surface area contributed by atoms with Gasteiger partial charge >= 0.3 is 0 Å². The second-order valence-corrected chi connectivity index (χ2v) is 4.99. The molecule has 1 aliphatic heterocycles. The Bertz CT molecular complexity index is 409. The number of benzene rings is 1. The van der Waals surface area contributed by atoms with E-state index in [1.54, 1.807) is 6.07 Å². The van der Waals surface area contributed by atoms with Gasteiger partial charge in [0.15, 0.2) is 0 Å². The van der Waals surface area contributed by atoms with Gasteiger partial charge in [0.05, 0.1) is 18.3 Å². The summed E-state index contributed by atoms with van der Waals surface area (Å²) in [6.07, 6.45) is 3.02. The molecule has 3 N–H and O–H groups in total. The maximum atomic E-state index is 14.1. The van der Waals surface area contributed by atoms with Gasteiger partial charge in [-0.15, -0.1) is 0 Å². The number of aliphatic hydroxyl groups is 1. The Balaban J connectivity index is 2.41. The zero-order valence-electron chi connectivity index (χ0n) is 10.8. The summed E-state index contributed by atoms with van der Waals surface area (Å²) in [7, 11) is 0. The van der Waals surface area contributed by atoms with Crippen molar-refractivity contribution < 1.29 is 9.50 Å². The molecule has 100 valence electrons. The number of rotatable bonds is 3. The number of nitrogens with two attached hydrogens (primary N) is 1. The van der Waals surface area contributed by atoms with Crippen LogP contribution < -0.4 is 10.6 Å². The molecule has 1 aromatic rings. The molecular weight excluding hydrogens is 231 g/mol. The van der Waals surface area contributed by atoms with Crippen LogP contribution in [0.3, 0.4) is 0 Å². The Kier molecular flexibility index (Phi) is 4.19. The summed E-state index contributed by atoms with van der Waals surface area (Å²) in [6, 6.07) is 4.82. The fourth-order valence-corrected chi connectivity index (χ4v) is 2.69. The van der Waals surface area contributed by atoms with Crippen molar-refractivity contribution in [3.8, 4) is 0 Å². The monoisotopic (exact) mass is 252 g/mol. The van der Waals surface area contributed by atoms with Crippen LogP contribution in [0.15, 0.2) is 18.2 Å². The van der Waals surface area contributed by atoms with Crippen molar-refractivity contribution in [3.63, 3.8) is 0 Å². The molecule has 3 nitrogen and oxygen atoms in total. The van der Waals surface area contributed by atoms with Crippen LogP contribution in [0.25, 0.3) is 0 Å². The van der Waals surface area contributed by atoms with Crippen molar-refractivity contribution in [2.45, 2.75) is 38.3 Å². The molecular formula is C14H21FN2O. The minimum Gasteiger partial charge on any atom is -0.394 e. The zero-order chi connectivity index (χ0) is 13.1. The maximum Gasteiger partial charge on any atom is 0.146 e. The van der Waals surface area contributed by atoms with Crippen LogP contribution in [0.1, 0.15) is 37.8 Å². The third-order valence-electron chi connectivity index (χ3n) is 3.63.